The van der Waals surface area contributed by atoms with E-state index in [-0.39, 0.29) is 11.6 Å². The van der Waals surface area contributed by atoms with E-state index in [9.17, 15) is 0 Å². The Kier molecular flexibility index (Phi) is 3.88. The van der Waals surface area contributed by atoms with Gasteiger partial charge >= 0.3 is 0 Å². The van der Waals surface area contributed by atoms with Crippen LogP contribution in [0.15, 0.2) is 48.8 Å². The first-order valence-electron chi connectivity index (χ1n) is 9.60. The summed E-state index contributed by atoms with van der Waals surface area (Å²) in [5, 5.41) is 4.70. The van der Waals surface area contributed by atoms with E-state index < -0.39 is 0 Å². The Bertz CT molecular complexity index is 982. The molecule has 1 aliphatic heterocycles. The summed E-state index contributed by atoms with van der Waals surface area (Å²) in [6.45, 7) is 0. The van der Waals surface area contributed by atoms with E-state index in [1.165, 1.54) is 18.4 Å². The molecular formula is C22H23N3O2. The molecule has 0 bridgehead atoms. The number of methoxy groups -OCH3 is 1. The number of nitrogens with zero attached hydrogens (tertiary/aromatic N) is 2. The van der Waals surface area contributed by atoms with E-state index in [1.54, 1.807) is 13.4 Å². The minimum Gasteiger partial charge on any atom is -0.497 e. The molecule has 1 N–H and O–H groups in total. The van der Waals surface area contributed by atoms with Crippen molar-refractivity contribution in [1.82, 2.24) is 9.97 Å². The van der Waals surface area contributed by atoms with E-state index in [2.05, 4.69) is 39.6 Å². The first-order valence-corrected chi connectivity index (χ1v) is 9.60. The lowest BCUT2D eigenvalue weighted by atomic mass is 9.86. The molecule has 1 spiro atoms. The third-order valence-corrected chi connectivity index (χ3v) is 5.87. The molecule has 1 aromatic heterocycles. The first-order chi connectivity index (χ1) is 13.3. The van der Waals surface area contributed by atoms with Crippen molar-refractivity contribution in [2.45, 2.75) is 43.7 Å². The second kappa shape index (κ2) is 6.41. The quantitative estimate of drug-likeness (QED) is 0.720. The predicted molar refractivity (Wildman–Crippen MR) is 105 cm³/mol. The van der Waals surface area contributed by atoms with Gasteiger partial charge < -0.3 is 14.8 Å². The number of para-hydroxylation sites is 1. The fraction of sp³-hybridized carbons (Fsp3) is 0.364. The van der Waals surface area contributed by atoms with Crippen LogP contribution in [0.3, 0.4) is 0 Å². The molecule has 0 amide bonds. The molecule has 1 fully saturated rings. The van der Waals surface area contributed by atoms with Crippen molar-refractivity contribution in [2.24, 2.45) is 0 Å². The van der Waals surface area contributed by atoms with Crippen molar-refractivity contribution in [3.63, 3.8) is 0 Å². The number of ether oxygens (including phenoxy) is 2. The van der Waals surface area contributed by atoms with E-state index in [0.29, 0.717) is 0 Å². The molecule has 0 radical (unpaired) electrons. The van der Waals surface area contributed by atoms with Crippen molar-refractivity contribution < 1.29 is 9.47 Å². The predicted octanol–water partition coefficient (Wildman–Crippen LogP) is 4.89. The van der Waals surface area contributed by atoms with E-state index in [1.807, 2.05) is 18.2 Å². The van der Waals surface area contributed by atoms with Gasteiger partial charge in [0, 0.05) is 23.4 Å². The van der Waals surface area contributed by atoms with Crippen molar-refractivity contribution in [3.8, 4) is 11.5 Å². The lowest BCUT2D eigenvalue weighted by molar-refractivity contribution is 0.0453. The van der Waals surface area contributed by atoms with Crippen LogP contribution in [0.5, 0.6) is 11.5 Å². The SMILES string of the molecule is COc1ccc2c(NC3CC4(CCCC4)Oc4ccccc43)ncnc2c1. The van der Waals surface area contributed by atoms with Crippen molar-refractivity contribution in [2.75, 3.05) is 12.4 Å². The average Bonchev–Trinajstić information content (AvgIpc) is 3.15. The summed E-state index contributed by atoms with van der Waals surface area (Å²) in [5.41, 5.74) is 2.04. The Balaban J connectivity index is 1.54. The van der Waals surface area contributed by atoms with Crippen molar-refractivity contribution in [3.05, 3.63) is 54.4 Å². The van der Waals surface area contributed by atoms with Crippen LogP contribution in [0.25, 0.3) is 10.9 Å². The van der Waals surface area contributed by atoms with Crippen LogP contribution in [-0.2, 0) is 0 Å². The molecule has 1 saturated carbocycles. The van der Waals surface area contributed by atoms with Crippen molar-refractivity contribution in [1.29, 1.82) is 0 Å². The summed E-state index contributed by atoms with van der Waals surface area (Å²) in [6, 6.07) is 14.5. The number of rotatable bonds is 3. The van der Waals surface area contributed by atoms with Crippen LogP contribution in [0.1, 0.15) is 43.7 Å². The number of aromatic nitrogens is 2. The molecule has 138 valence electrons. The van der Waals surface area contributed by atoms with Crippen LogP contribution in [-0.4, -0.2) is 22.7 Å². The van der Waals surface area contributed by atoms with Gasteiger partial charge in [0.1, 0.15) is 29.2 Å². The van der Waals surface area contributed by atoms with Gasteiger partial charge in [0.15, 0.2) is 0 Å². The van der Waals surface area contributed by atoms with Crippen LogP contribution < -0.4 is 14.8 Å². The zero-order valence-electron chi connectivity index (χ0n) is 15.4. The van der Waals surface area contributed by atoms with Crippen LogP contribution in [0.4, 0.5) is 5.82 Å². The molecule has 1 atom stereocenters. The summed E-state index contributed by atoms with van der Waals surface area (Å²) < 4.78 is 11.8. The Hall–Kier alpha value is -2.82. The van der Waals surface area contributed by atoms with Gasteiger partial charge in [-0.1, -0.05) is 18.2 Å². The minimum atomic E-state index is -0.0436. The number of benzene rings is 2. The molecule has 27 heavy (non-hydrogen) atoms. The standard InChI is InChI=1S/C22H23N3O2/c1-26-15-8-9-17-18(12-15)23-14-24-21(17)25-19-13-22(10-4-5-11-22)27-20-7-3-2-6-16(19)20/h2-3,6-9,12,14,19H,4-5,10-11,13H2,1H3,(H,23,24,25). The third-order valence-electron chi connectivity index (χ3n) is 5.87. The normalized spacial score (nSPS) is 20.3. The summed E-state index contributed by atoms with van der Waals surface area (Å²) in [5.74, 6) is 2.66. The lowest BCUT2D eigenvalue weighted by Crippen LogP contribution is -2.40. The van der Waals surface area contributed by atoms with Gasteiger partial charge in [-0.2, -0.15) is 0 Å². The van der Waals surface area contributed by atoms with Crippen LogP contribution in [0.2, 0.25) is 0 Å². The highest BCUT2D eigenvalue weighted by molar-refractivity contribution is 5.89. The number of hydrogen-bond acceptors (Lipinski definition) is 5. The number of hydrogen-bond donors (Lipinski definition) is 1. The fourth-order valence-electron chi connectivity index (χ4n) is 4.52. The van der Waals surface area contributed by atoms with Crippen LogP contribution in [0, 0.1) is 0 Å². The Morgan fingerprint density at radius 1 is 1.11 bits per heavy atom. The van der Waals surface area contributed by atoms with Gasteiger partial charge in [0.25, 0.3) is 0 Å². The zero-order chi connectivity index (χ0) is 18.3. The Morgan fingerprint density at radius 3 is 2.81 bits per heavy atom. The second-order valence-corrected chi connectivity index (χ2v) is 7.54. The third kappa shape index (κ3) is 2.87. The molecule has 5 heteroatoms. The lowest BCUT2D eigenvalue weighted by Gasteiger charge is -2.40. The van der Waals surface area contributed by atoms with Gasteiger partial charge in [-0.05, 0) is 43.9 Å². The average molecular weight is 361 g/mol. The molecule has 2 heterocycles. The van der Waals surface area contributed by atoms with E-state index in [4.69, 9.17) is 9.47 Å². The number of fused-ring (bicyclic) bond motifs is 2. The van der Waals surface area contributed by atoms with E-state index >= 15 is 0 Å². The fourth-order valence-corrected chi connectivity index (χ4v) is 4.52. The van der Waals surface area contributed by atoms with Gasteiger partial charge in [-0.25, -0.2) is 9.97 Å². The van der Waals surface area contributed by atoms with Crippen molar-refractivity contribution >= 4 is 16.7 Å². The molecule has 2 aliphatic rings. The van der Waals surface area contributed by atoms with Gasteiger partial charge in [0.2, 0.25) is 0 Å². The molecule has 3 aromatic rings. The number of nitrogens with one attached hydrogen (secondary N) is 1. The van der Waals surface area contributed by atoms with Gasteiger partial charge in [-0.15, -0.1) is 0 Å². The highest BCUT2D eigenvalue weighted by atomic mass is 16.5. The maximum atomic E-state index is 6.48. The molecule has 1 aliphatic carbocycles. The summed E-state index contributed by atoms with van der Waals surface area (Å²) in [4.78, 5) is 8.94. The highest BCUT2D eigenvalue weighted by Gasteiger charge is 2.43. The zero-order valence-corrected chi connectivity index (χ0v) is 15.4. The van der Waals surface area contributed by atoms with E-state index in [0.717, 1.165) is 47.5 Å². The topological polar surface area (TPSA) is 56.3 Å². The molecule has 2 aromatic carbocycles. The molecule has 5 nitrogen and oxygen atoms in total. The summed E-state index contributed by atoms with van der Waals surface area (Å²) in [7, 11) is 1.67. The first kappa shape index (κ1) is 16.4. The molecule has 1 unspecified atom stereocenters. The maximum Gasteiger partial charge on any atom is 0.137 e. The van der Waals surface area contributed by atoms with Gasteiger partial charge in [-0.3, -0.25) is 0 Å². The monoisotopic (exact) mass is 361 g/mol. The highest BCUT2D eigenvalue weighted by Crippen LogP contribution is 2.48. The second-order valence-electron chi connectivity index (χ2n) is 7.54. The Morgan fingerprint density at radius 2 is 1.96 bits per heavy atom. The minimum absolute atomic E-state index is 0.0436. The smallest absolute Gasteiger partial charge is 0.137 e. The largest absolute Gasteiger partial charge is 0.497 e. The van der Waals surface area contributed by atoms with Crippen LogP contribution >= 0.6 is 0 Å². The summed E-state index contributed by atoms with van der Waals surface area (Å²) in [6.07, 6.45) is 7.31. The molecule has 0 saturated heterocycles. The number of anilines is 1. The summed E-state index contributed by atoms with van der Waals surface area (Å²) >= 11 is 0. The van der Waals surface area contributed by atoms with Gasteiger partial charge in [0.05, 0.1) is 18.7 Å². The molecular weight excluding hydrogens is 338 g/mol. The maximum absolute atomic E-state index is 6.48. The molecule has 5 rings (SSSR count). The Labute approximate surface area is 158 Å².